The molecule has 0 aliphatic rings. The van der Waals surface area contributed by atoms with Crippen LogP contribution in [0.5, 0.6) is 0 Å². The van der Waals surface area contributed by atoms with Gasteiger partial charge in [-0.05, 0) is 50.8 Å². The number of hydrogen-bond acceptors (Lipinski definition) is 4. The highest BCUT2D eigenvalue weighted by molar-refractivity contribution is 5.97. The summed E-state index contributed by atoms with van der Waals surface area (Å²) in [5.41, 5.74) is 1.52. The average Bonchev–Trinajstić information content (AvgIpc) is 2.37. The van der Waals surface area contributed by atoms with Crippen LogP contribution in [-0.4, -0.2) is 36.4 Å². The molecule has 1 aromatic rings. The molecule has 0 atom stereocenters. The van der Waals surface area contributed by atoms with Crippen molar-refractivity contribution in [3.8, 4) is 6.07 Å². The van der Waals surface area contributed by atoms with E-state index in [2.05, 4.69) is 0 Å². The second-order valence-electron chi connectivity index (χ2n) is 4.47. The Morgan fingerprint density at radius 2 is 2.17 bits per heavy atom. The van der Waals surface area contributed by atoms with Crippen molar-refractivity contribution in [1.82, 2.24) is 4.90 Å². The molecule has 0 bridgehead atoms. The van der Waals surface area contributed by atoms with Crippen LogP contribution in [-0.2, 0) is 6.61 Å². The van der Waals surface area contributed by atoms with Crippen LogP contribution >= 0.6 is 0 Å². The number of hydrogen-bond donors (Lipinski definition) is 1. The monoisotopic (exact) mass is 246 g/mol. The first-order valence-corrected chi connectivity index (χ1v) is 5.90. The molecule has 4 heteroatoms. The normalized spacial score (nSPS) is 10.4. The molecule has 4 nitrogen and oxygen atoms in total. The average molecular weight is 246 g/mol. The summed E-state index contributed by atoms with van der Waals surface area (Å²) in [5, 5.41) is 18.0. The number of aliphatic hydroxyl groups is 1. The highest BCUT2D eigenvalue weighted by atomic mass is 16.3. The van der Waals surface area contributed by atoms with Gasteiger partial charge in [-0.15, -0.1) is 0 Å². The molecule has 0 heterocycles. The van der Waals surface area contributed by atoms with Crippen LogP contribution in [0.3, 0.4) is 0 Å². The maximum absolute atomic E-state index is 12.0. The van der Waals surface area contributed by atoms with Gasteiger partial charge in [0.05, 0.1) is 18.2 Å². The smallest absolute Gasteiger partial charge is 0.163 e. The minimum absolute atomic E-state index is 0.0189. The Balaban J connectivity index is 2.76. The summed E-state index contributed by atoms with van der Waals surface area (Å²) in [5.74, 6) is 0.0189. The molecule has 0 aliphatic heterocycles. The Bertz CT molecular complexity index is 461. The van der Waals surface area contributed by atoms with E-state index in [1.165, 1.54) is 0 Å². The largest absolute Gasteiger partial charge is 0.392 e. The molecule has 1 N–H and O–H groups in total. The van der Waals surface area contributed by atoms with Crippen molar-refractivity contribution < 1.29 is 9.90 Å². The van der Waals surface area contributed by atoms with Crippen molar-refractivity contribution in [3.05, 3.63) is 34.9 Å². The third-order valence-electron chi connectivity index (χ3n) is 2.71. The third-order valence-corrected chi connectivity index (χ3v) is 2.71. The zero-order chi connectivity index (χ0) is 13.5. The molecule has 0 fully saturated rings. The predicted octanol–water partition coefficient (Wildman–Crippen LogP) is 1.58. The van der Waals surface area contributed by atoms with Gasteiger partial charge in [-0.1, -0.05) is 0 Å². The quantitative estimate of drug-likeness (QED) is 0.774. The summed E-state index contributed by atoms with van der Waals surface area (Å²) in [6.45, 7) is 0.640. The lowest BCUT2D eigenvalue weighted by atomic mass is 9.99. The summed E-state index contributed by atoms with van der Waals surface area (Å²) in [6.07, 6.45) is 1.24. The lowest BCUT2D eigenvalue weighted by Crippen LogP contribution is -2.14. The molecule has 0 radical (unpaired) electrons. The van der Waals surface area contributed by atoms with Crippen molar-refractivity contribution >= 4 is 5.78 Å². The van der Waals surface area contributed by atoms with Crippen molar-refractivity contribution in [3.63, 3.8) is 0 Å². The molecule has 1 aromatic carbocycles. The van der Waals surface area contributed by atoms with Crippen LogP contribution in [0.1, 0.15) is 34.3 Å². The predicted molar refractivity (Wildman–Crippen MR) is 69.2 cm³/mol. The number of aliphatic hydroxyl groups excluding tert-OH is 1. The van der Waals surface area contributed by atoms with Crippen molar-refractivity contribution in [2.75, 3.05) is 20.6 Å². The van der Waals surface area contributed by atoms with Gasteiger partial charge in [-0.3, -0.25) is 4.79 Å². The fraction of sp³-hybridized carbons (Fsp3) is 0.429. The highest BCUT2D eigenvalue weighted by Crippen LogP contribution is 2.15. The summed E-state index contributed by atoms with van der Waals surface area (Å²) < 4.78 is 0. The van der Waals surface area contributed by atoms with Crippen LogP contribution in [0.25, 0.3) is 0 Å². The molecule has 0 amide bonds. The van der Waals surface area contributed by atoms with Gasteiger partial charge in [-0.25, -0.2) is 0 Å². The van der Waals surface area contributed by atoms with Gasteiger partial charge in [0.1, 0.15) is 0 Å². The Hall–Kier alpha value is -1.70. The lowest BCUT2D eigenvalue weighted by Gasteiger charge is -2.10. The van der Waals surface area contributed by atoms with Gasteiger partial charge in [0.15, 0.2) is 5.78 Å². The first kappa shape index (κ1) is 14.4. The van der Waals surface area contributed by atoms with Gasteiger partial charge in [0, 0.05) is 12.0 Å². The number of nitriles is 1. The van der Waals surface area contributed by atoms with Crippen molar-refractivity contribution in [2.45, 2.75) is 19.4 Å². The maximum atomic E-state index is 12.0. The van der Waals surface area contributed by atoms with E-state index in [1.54, 1.807) is 18.2 Å². The van der Waals surface area contributed by atoms with E-state index in [0.717, 1.165) is 13.0 Å². The summed E-state index contributed by atoms with van der Waals surface area (Å²) >= 11 is 0. The molecular formula is C14H18N2O2. The Kier molecular flexibility index (Phi) is 5.50. The SMILES string of the molecule is CN(C)CCCC(=O)c1ccc(C#N)cc1CO. The van der Waals surface area contributed by atoms with E-state index >= 15 is 0 Å². The van der Waals surface area contributed by atoms with E-state index in [1.807, 2.05) is 25.1 Å². The molecule has 0 spiro atoms. The topological polar surface area (TPSA) is 64.3 Å². The van der Waals surface area contributed by atoms with Gasteiger partial charge >= 0.3 is 0 Å². The van der Waals surface area contributed by atoms with Gasteiger partial charge < -0.3 is 10.0 Å². The molecule has 0 unspecified atom stereocenters. The number of rotatable bonds is 6. The van der Waals surface area contributed by atoms with Gasteiger partial charge in [-0.2, -0.15) is 5.26 Å². The van der Waals surface area contributed by atoms with Gasteiger partial charge in [0.2, 0.25) is 0 Å². The molecule has 0 aliphatic carbocycles. The first-order valence-electron chi connectivity index (χ1n) is 5.90. The van der Waals surface area contributed by atoms with E-state index in [-0.39, 0.29) is 12.4 Å². The molecule has 0 saturated heterocycles. The molecule has 96 valence electrons. The highest BCUT2D eigenvalue weighted by Gasteiger charge is 2.11. The van der Waals surface area contributed by atoms with E-state index in [0.29, 0.717) is 23.1 Å². The number of ketones is 1. The summed E-state index contributed by atoms with van der Waals surface area (Å²) in [6, 6.07) is 6.80. The number of Topliss-reactive ketones (excluding diaryl/α,β-unsaturated/α-hetero) is 1. The summed E-state index contributed by atoms with van der Waals surface area (Å²) in [7, 11) is 3.93. The zero-order valence-electron chi connectivity index (χ0n) is 10.8. The molecule has 18 heavy (non-hydrogen) atoms. The van der Waals surface area contributed by atoms with Crippen LogP contribution < -0.4 is 0 Å². The first-order chi connectivity index (χ1) is 8.58. The Morgan fingerprint density at radius 1 is 1.44 bits per heavy atom. The number of carbonyl (C=O) groups is 1. The van der Waals surface area contributed by atoms with Gasteiger partial charge in [0.25, 0.3) is 0 Å². The van der Waals surface area contributed by atoms with Crippen LogP contribution in [0.2, 0.25) is 0 Å². The van der Waals surface area contributed by atoms with E-state index < -0.39 is 0 Å². The number of benzene rings is 1. The van der Waals surface area contributed by atoms with E-state index in [4.69, 9.17) is 5.26 Å². The minimum Gasteiger partial charge on any atom is -0.392 e. The second kappa shape index (κ2) is 6.90. The van der Waals surface area contributed by atoms with Crippen LogP contribution in [0, 0.1) is 11.3 Å². The maximum Gasteiger partial charge on any atom is 0.163 e. The van der Waals surface area contributed by atoms with Crippen LogP contribution in [0.4, 0.5) is 0 Å². The van der Waals surface area contributed by atoms with E-state index in [9.17, 15) is 9.90 Å². The molecular weight excluding hydrogens is 228 g/mol. The lowest BCUT2D eigenvalue weighted by molar-refractivity contribution is 0.0974. The molecule has 0 aromatic heterocycles. The zero-order valence-corrected chi connectivity index (χ0v) is 10.8. The Morgan fingerprint density at radius 3 is 2.72 bits per heavy atom. The second-order valence-corrected chi connectivity index (χ2v) is 4.47. The molecule has 0 saturated carbocycles. The minimum atomic E-state index is -0.218. The standard InChI is InChI=1S/C14H18N2O2/c1-16(2)7-3-4-14(18)13-6-5-11(9-15)8-12(13)10-17/h5-6,8,17H,3-4,7,10H2,1-2H3. The Labute approximate surface area is 107 Å². The number of nitrogens with zero attached hydrogens (tertiary/aromatic N) is 2. The molecule has 1 rings (SSSR count). The van der Waals surface area contributed by atoms with Crippen molar-refractivity contribution in [1.29, 1.82) is 5.26 Å². The fourth-order valence-electron chi connectivity index (χ4n) is 1.76. The van der Waals surface area contributed by atoms with Crippen molar-refractivity contribution in [2.24, 2.45) is 0 Å². The summed E-state index contributed by atoms with van der Waals surface area (Å²) in [4.78, 5) is 14.0. The third kappa shape index (κ3) is 3.95. The number of carbonyl (C=O) groups excluding carboxylic acids is 1. The van der Waals surface area contributed by atoms with Crippen LogP contribution in [0.15, 0.2) is 18.2 Å². The fourth-order valence-corrected chi connectivity index (χ4v) is 1.76.